The molecule has 0 fully saturated rings. The number of hydrogen-bond donors (Lipinski definition) is 0. The lowest BCUT2D eigenvalue weighted by atomic mass is 10.1. The summed E-state index contributed by atoms with van der Waals surface area (Å²) in [5.74, 6) is 2.73. The third-order valence-corrected chi connectivity index (χ3v) is 9.27. The maximum atomic E-state index is 2.30. The number of hydrogen-bond acceptors (Lipinski definition) is 2. The van der Waals surface area contributed by atoms with Gasteiger partial charge in [0.1, 0.15) is 0 Å². The minimum atomic E-state index is 1.12. The van der Waals surface area contributed by atoms with Crippen LogP contribution in [-0.4, -0.2) is 75.8 Å². The maximum Gasteiger partial charge on any atom is 0.0780 e. The first-order valence-electron chi connectivity index (χ1n) is 15.1. The lowest BCUT2D eigenvalue weighted by Crippen LogP contribution is -2.35. The number of unbranched alkanes of at least 4 members (excludes halogenated alkanes) is 18. The summed E-state index contributed by atoms with van der Waals surface area (Å²) in [5.41, 5.74) is 0. The standard InChI is InChI=1S/C30H66N2S2/c1-31(2,3)27-23-19-15-11-7-9-13-17-21-25-29-33-34-30-26-22-18-14-10-8-12-16-20-24-28-32(4,5)6/h7-30H2,1-6H3/q+2. The summed E-state index contributed by atoms with van der Waals surface area (Å²) in [4.78, 5) is 0. The van der Waals surface area contributed by atoms with Crippen LogP contribution >= 0.6 is 21.6 Å². The predicted octanol–water partition coefficient (Wildman–Crippen LogP) is 9.58. The third-order valence-electron chi connectivity index (χ3n) is 6.70. The van der Waals surface area contributed by atoms with Gasteiger partial charge in [-0.05, 0) is 38.5 Å². The molecule has 0 rings (SSSR count). The zero-order chi connectivity index (χ0) is 25.4. The smallest absolute Gasteiger partial charge is 0.0780 e. The Morgan fingerprint density at radius 2 is 0.500 bits per heavy atom. The second-order valence-electron chi connectivity index (χ2n) is 12.7. The quantitative estimate of drug-likeness (QED) is 0.0603. The first-order chi connectivity index (χ1) is 16.2. The van der Waals surface area contributed by atoms with Crippen LogP contribution in [0, 0.1) is 0 Å². The largest absolute Gasteiger partial charge is 0.331 e. The molecule has 0 aliphatic carbocycles. The van der Waals surface area contributed by atoms with Crippen LogP contribution in [0.15, 0.2) is 0 Å². The number of quaternary nitrogens is 2. The van der Waals surface area contributed by atoms with Gasteiger partial charge in [-0.25, -0.2) is 0 Å². The van der Waals surface area contributed by atoms with Crippen LogP contribution in [0.25, 0.3) is 0 Å². The SMILES string of the molecule is C[N+](C)(C)CCCCCCCCCCCCSSCCCCCCCCCCCC[N+](C)(C)C. The summed E-state index contributed by atoms with van der Waals surface area (Å²) in [6.45, 7) is 2.66. The summed E-state index contributed by atoms with van der Waals surface area (Å²) in [6.07, 6.45) is 29.0. The first kappa shape index (κ1) is 34.6. The Balaban J connectivity index is 3.07. The molecule has 206 valence electrons. The highest BCUT2D eigenvalue weighted by molar-refractivity contribution is 8.76. The van der Waals surface area contributed by atoms with E-state index in [0.717, 1.165) is 8.97 Å². The third kappa shape index (κ3) is 32.6. The van der Waals surface area contributed by atoms with E-state index in [2.05, 4.69) is 63.9 Å². The van der Waals surface area contributed by atoms with Gasteiger partial charge in [0.05, 0.1) is 55.4 Å². The molecule has 0 aromatic carbocycles. The highest BCUT2D eigenvalue weighted by atomic mass is 33.1. The molecule has 0 amide bonds. The van der Waals surface area contributed by atoms with Gasteiger partial charge in [0.15, 0.2) is 0 Å². The van der Waals surface area contributed by atoms with E-state index in [4.69, 9.17) is 0 Å². The Morgan fingerprint density at radius 1 is 0.294 bits per heavy atom. The van der Waals surface area contributed by atoms with Crippen molar-refractivity contribution in [3.63, 3.8) is 0 Å². The van der Waals surface area contributed by atoms with E-state index in [9.17, 15) is 0 Å². The zero-order valence-electron chi connectivity index (χ0n) is 24.7. The van der Waals surface area contributed by atoms with Crippen LogP contribution in [0.4, 0.5) is 0 Å². The van der Waals surface area contributed by atoms with Crippen molar-refractivity contribution < 1.29 is 8.97 Å². The molecule has 4 heteroatoms. The van der Waals surface area contributed by atoms with Gasteiger partial charge >= 0.3 is 0 Å². The molecule has 0 saturated carbocycles. The van der Waals surface area contributed by atoms with Crippen molar-refractivity contribution in [3.8, 4) is 0 Å². The van der Waals surface area contributed by atoms with Crippen molar-refractivity contribution in [1.29, 1.82) is 0 Å². The van der Waals surface area contributed by atoms with Crippen molar-refractivity contribution >= 4 is 21.6 Å². The van der Waals surface area contributed by atoms with Gasteiger partial charge in [0, 0.05) is 11.5 Å². The average molecular weight is 519 g/mol. The molecule has 0 aliphatic heterocycles. The molecule has 0 aromatic rings. The molecule has 0 N–H and O–H groups in total. The van der Waals surface area contributed by atoms with Crippen molar-refractivity contribution in [2.45, 2.75) is 128 Å². The van der Waals surface area contributed by atoms with Crippen molar-refractivity contribution in [2.24, 2.45) is 0 Å². The fourth-order valence-electron chi connectivity index (χ4n) is 4.44. The Bertz CT molecular complexity index is 364. The van der Waals surface area contributed by atoms with Gasteiger partial charge in [-0.1, -0.05) is 111 Å². The van der Waals surface area contributed by atoms with Gasteiger partial charge in [0.25, 0.3) is 0 Å². The van der Waals surface area contributed by atoms with Crippen LogP contribution < -0.4 is 0 Å². The fraction of sp³-hybridized carbons (Fsp3) is 1.00. The molecule has 0 spiro atoms. The van der Waals surface area contributed by atoms with E-state index in [1.165, 1.54) is 153 Å². The highest BCUT2D eigenvalue weighted by Crippen LogP contribution is 2.25. The van der Waals surface area contributed by atoms with E-state index in [-0.39, 0.29) is 0 Å². The predicted molar refractivity (Wildman–Crippen MR) is 163 cm³/mol. The van der Waals surface area contributed by atoms with Crippen LogP contribution in [0.3, 0.4) is 0 Å². The minimum absolute atomic E-state index is 1.12. The van der Waals surface area contributed by atoms with Crippen molar-refractivity contribution in [1.82, 2.24) is 0 Å². The number of rotatable bonds is 27. The molecule has 0 atom stereocenters. The Kier molecular flexibility index (Phi) is 24.4. The molecule has 0 aliphatic rings. The molecular formula is C30H66N2S2+2. The van der Waals surface area contributed by atoms with Gasteiger partial charge in [0.2, 0.25) is 0 Å². The second-order valence-corrected chi connectivity index (χ2v) is 15.4. The second kappa shape index (κ2) is 24.0. The van der Waals surface area contributed by atoms with E-state index in [0.29, 0.717) is 0 Å². The molecule has 2 nitrogen and oxygen atoms in total. The molecule has 0 bridgehead atoms. The fourth-order valence-corrected chi connectivity index (χ4v) is 6.73. The molecular weight excluding hydrogens is 452 g/mol. The summed E-state index contributed by atoms with van der Waals surface area (Å²) in [7, 11) is 18.1. The summed E-state index contributed by atoms with van der Waals surface area (Å²) in [6, 6.07) is 0. The van der Waals surface area contributed by atoms with Gasteiger partial charge in [-0.2, -0.15) is 0 Å². The Hall–Kier alpha value is 0.620. The van der Waals surface area contributed by atoms with E-state index >= 15 is 0 Å². The minimum Gasteiger partial charge on any atom is -0.331 e. The van der Waals surface area contributed by atoms with Crippen LogP contribution in [0.1, 0.15) is 128 Å². The maximum absolute atomic E-state index is 2.30. The molecule has 0 aromatic heterocycles. The van der Waals surface area contributed by atoms with Crippen LogP contribution in [0.5, 0.6) is 0 Å². The first-order valence-corrected chi connectivity index (χ1v) is 17.5. The highest BCUT2D eigenvalue weighted by Gasteiger charge is 2.06. The van der Waals surface area contributed by atoms with Gasteiger partial charge < -0.3 is 8.97 Å². The average Bonchev–Trinajstić information content (AvgIpc) is 2.74. The summed E-state index contributed by atoms with van der Waals surface area (Å²) in [5, 5.41) is 0. The zero-order valence-corrected chi connectivity index (χ0v) is 26.3. The van der Waals surface area contributed by atoms with E-state index in [1.807, 2.05) is 0 Å². The Labute approximate surface area is 225 Å². The summed E-state index contributed by atoms with van der Waals surface area (Å²) >= 11 is 0. The lowest BCUT2D eigenvalue weighted by Gasteiger charge is -2.23. The normalized spacial score (nSPS) is 12.5. The Morgan fingerprint density at radius 3 is 0.735 bits per heavy atom. The molecule has 0 radical (unpaired) electrons. The number of nitrogens with zero attached hydrogens (tertiary/aromatic N) is 2. The molecule has 0 heterocycles. The topological polar surface area (TPSA) is 0 Å². The van der Waals surface area contributed by atoms with Crippen LogP contribution in [0.2, 0.25) is 0 Å². The van der Waals surface area contributed by atoms with E-state index in [1.54, 1.807) is 0 Å². The van der Waals surface area contributed by atoms with Crippen molar-refractivity contribution in [2.75, 3.05) is 66.9 Å². The van der Waals surface area contributed by atoms with Gasteiger partial charge in [-0.3, -0.25) is 0 Å². The molecule has 0 unspecified atom stereocenters. The van der Waals surface area contributed by atoms with Crippen molar-refractivity contribution in [3.05, 3.63) is 0 Å². The van der Waals surface area contributed by atoms with Gasteiger partial charge in [-0.15, -0.1) is 0 Å². The monoisotopic (exact) mass is 518 g/mol. The van der Waals surface area contributed by atoms with Crippen LogP contribution in [-0.2, 0) is 0 Å². The lowest BCUT2D eigenvalue weighted by molar-refractivity contribution is -0.870. The summed E-state index contributed by atoms with van der Waals surface area (Å²) < 4.78 is 2.24. The van der Waals surface area contributed by atoms with E-state index < -0.39 is 0 Å². The molecule has 34 heavy (non-hydrogen) atoms. The molecule has 0 saturated heterocycles.